The van der Waals surface area contributed by atoms with Crippen LogP contribution in [0.5, 0.6) is 0 Å². The van der Waals surface area contributed by atoms with Crippen LogP contribution in [0.4, 0.5) is 0 Å². The molecule has 0 spiro atoms. The topological polar surface area (TPSA) is 59.4 Å². The molecule has 5 heteroatoms. The summed E-state index contributed by atoms with van der Waals surface area (Å²) in [5.74, 6) is 0.876. The summed E-state index contributed by atoms with van der Waals surface area (Å²) in [4.78, 5) is 4.73. The average Bonchev–Trinajstić information content (AvgIpc) is 3.00. The first-order valence-electron chi connectivity index (χ1n) is 6.82. The first kappa shape index (κ1) is 13.4. The fourth-order valence-corrected chi connectivity index (χ4v) is 2.56. The van der Waals surface area contributed by atoms with Crippen LogP contribution in [0.15, 0.2) is 30.6 Å². The van der Waals surface area contributed by atoms with Crippen LogP contribution in [0.1, 0.15) is 26.3 Å². The van der Waals surface area contributed by atoms with Crippen LogP contribution >= 0.6 is 0 Å². The summed E-state index contributed by atoms with van der Waals surface area (Å²) < 4.78 is 3.96. The van der Waals surface area contributed by atoms with E-state index in [1.807, 2.05) is 37.6 Å². The zero-order valence-corrected chi connectivity index (χ0v) is 12.6. The molecule has 0 bridgehead atoms. The van der Waals surface area contributed by atoms with Gasteiger partial charge in [0.15, 0.2) is 0 Å². The van der Waals surface area contributed by atoms with Gasteiger partial charge in [-0.25, -0.2) is 4.98 Å². The van der Waals surface area contributed by atoms with Crippen molar-refractivity contribution in [1.29, 1.82) is 5.26 Å². The zero-order chi connectivity index (χ0) is 15.2. The molecule has 21 heavy (non-hydrogen) atoms. The van der Waals surface area contributed by atoms with Crippen molar-refractivity contribution in [2.24, 2.45) is 7.05 Å². The minimum absolute atomic E-state index is 0.117. The van der Waals surface area contributed by atoms with Gasteiger partial charge in [0.05, 0.1) is 34.4 Å². The molecule has 0 fully saturated rings. The normalized spacial score (nSPS) is 11.8. The molecule has 0 aliphatic heterocycles. The molecule has 5 nitrogen and oxygen atoms in total. The Morgan fingerprint density at radius 2 is 2.00 bits per heavy atom. The van der Waals surface area contributed by atoms with E-state index in [-0.39, 0.29) is 5.54 Å². The standard InChI is InChI=1S/C16H17N5/c1-16(2,3)21-14-6-5-11(8-17)7-13(14)19-15(21)12-9-18-20(4)10-12/h5-7,9-10H,1-4H3. The molecule has 0 N–H and O–H groups in total. The molecule has 0 saturated heterocycles. The maximum Gasteiger partial charge on any atom is 0.144 e. The fourth-order valence-electron chi connectivity index (χ4n) is 2.56. The smallest absolute Gasteiger partial charge is 0.144 e. The van der Waals surface area contributed by atoms with E-state index < -0.39 is 0 Å². The van der Waals surface area contributed by atoms with Crippen molar-refractivity contribution in [3.05, 3.63) is 36.2 Å². The van der Waals surface area contributed by atoms with Gasteiger partial charge in [0, 0.05) is 18.8 Å². The predicted molar refractivity (Wildman–Crippen MR) is 81.6 cm³/mol. The summed E-state index contributed by atoms with van der Waals surface area (Å²) >= 11 is 0. The lowest BCUT2D eigenvalue weighted by Gasteiger charge is -2.24. The third kappa shape index (κ3) is 2.19. The Hall–Kier alpha value is -2.61. The van der Waals surface area contributed by atoms with Gasteiger partial charge in [0.1, 0.15) is 5.82 Å². The molecule has 2 aromatic heterocycles. The zero-order valence-electron chi connectivity index (χ0n) is 12.6. The van der Waals surface area contributed by atoms with Crippen molar-refractivity contribution in [2.45, 2.75) is 26.3 Å². The predicted octanol–water partition coefficient (Wildman–Crippen LogP) is 3.06. The molecular formula is C16H17N5. The number of rotatable bonds is 1. The van der Waals surface area contributed by atoms with Crippen LogP contribution < -0.4 is 0 Å². The highest BCUT2D eigenvalue weighted by Crippen LogP contribution is 2.31. The maximum atomic E-state index is 9.06. The number of nitrogens with zero attached hydrogens (tertiary/aromatic N) is 5. The number of aryl methyl sites for hydroxylation is 1. The largest absolute Gasteiger partial charge is 0.318 e. The SMILES string of the molecule is Cn1cc(-c2nc3cc(C#N)ccc3n2C(C)(C)C)cn1. The van der Waals surface area contributed by atoms with Gasteiger partial charge in [0.25, 0.3) is 0 Å². The summed E-state index contributed by atoms with van der Waals surface area (Å²) in [5, 5.41) is 13.3. The highest BCUT2D eigenvalue weighted by molar-refractivity contribution is 5.82. The van der Waals surface area contributed by atoms with E-state index in [9.17, 15) is 0 Å². The molecule has 106 valence electrons. The molecule has 0 amide bonds. The van der Waals surface area contributed by atoms with Gasteiger partial charge >= 0.3 is 0 Å². The molecule has 0 aliphatic rings. The molecule has 0 atom stereocenters. The van der Waals surface area contributed by atoms with Crippen LogP contribution in [0, 0.1) is 11.3 Å². The van der Waals surface area contributed by atoms with Gasteiger partial charge in [-0.1, -0.05) is 0 Å². The average molecular weight is 279 g/mol. The van der Waals surface area contributed by atoms with Crippen molar-refractivity contribution in [2.75, 3.05) is 0 Å². The Morgan fingerprint density at radius 3 is 2.57 bits per heavy atom. The van der Waals surface area contributed by atoms with Gasteiger partial charge in [-0.05, 0) is 39.0 Å². The fraction of sp³-hybridized carbons (Fsp3) is 0.312. The van der Waals surface area contributed by atoms with E-state index in [4.69, 9.17) is 10.2 Å². The first-order valence-corrected chi connectivity index (χ1v) is 6.82. The number of hydrogen-bond acceptors (Lipinski definition) is 3. The third-order valence-electron chi connectivity index (χ3n) is 3.42. The maximum absolute atomic E-state index is 9.06. The molecule has 0 radical (unpaired) electrons. The van der Waals surface area contributed by atoms with Gasteiger partial charge in [-0.15, -0.1) is 0 Å². The summed E-state index contributed by atoms with van der Waals surface area (Å²) in [6, 6.07) is 7.79. The van der Waals surface area contributed by atoms with E-state index in [1.165, 1.54) is 0 Å². The van der Waals surface area contributed by atoms with Crippen molar-refractivity contribution >= 4 is 11.0 Å². The number of nitriles is 1. The summed E-state index contributed by atoms with van der Waals surface area (Å²) in [6.07, 6.45) is 3.77. The second-order valence-electron chi connectivity index (χ2n) is 6.16. The van der Waals surface area contributed by atoms with E-state index in [0.717, 1.165) is 22.4 Å². The molecule has 3 aromatic rings. The number of aromatic nitrogens is 4. The Balaban J connectivity index is 2.35. The number of hydrogen-bond donors (Lipinski definition) is 0. The Labute approximate surface area is 123 Å². The second kappa shape index (κ2) is 4.45. The number of fused-ring (bicyclic) bond motifs is 1. The van der Waals surface area contributed by atoms with Gasteiger partial charge < -0.3 is 4.57 Å². The molecule has 1 aromatic carbocycles. The van der Waals surface area contributed by atoms with Gasteiger partial charge in [0.2, 0.25) is 0 Å². The lowest BCUT2D eigenvalue weighted by Crippen LogP contribution is -2.22. The molecule has 2 heterocycles. The lowest BCUT2D eigenvalue weighted by atomic mass is 10.1. The summed E-state index contributed by atoms with van der Waals surface area (Å²) in [7, 11) is 1.89. The molecule has 0 aliphatic carbocycles. The van der Waals surface area contributed by atoms with Crippen LogP contribution in [0.3, 0.4) is 0 Å². The van der Waals surface area contributed by atoms with E-state index in [2.05, 4.69) is 36.5 Å². The first-order chi connectivity index (χ1) is 9.90. The van der Waals surface area contributed by atoms with Gasteiger partial charge in [-0.2, -0.15) is 10.4 Å². The van der Waals surface area contributed by atoms with Crippen molar-refractivity contribution in [3.8, 4) is 17.5 Å². The minimum Gasteiger partial charge on any atom is -0.318 e. The van der Waals surface area contributed by atoms with Gasteiger partial charge in [-0.3, -0.25) is 4.68 Å². The second-order valence-corrected chi connectivity index (χ2v) is 6.16. The molecule has 3 rings (SSSR count). The Bertz CT molecular complexity index is 855. The van der Waals surface area contributed by atoms with Crippen LogP contribution in [0.2, 0.25) is 0 Å². The molecule has 0 saturated carbocycles. The Kier molecular flexibility index (Phi) is 2.84. The monoisotopic (exact) mass is 279 g/mol. The van der Waals surface area contributed by atoms with Crippen LogP contribution in [0.25, 0.3) is 22.4 Å². The lowest BCUT2D eigenvalue weighted by molar-refractivity contribution is 0.413. The van der Waals surface area contributed by atoms with Crippen LogP contribution in [-0.4, -0.2) is 19.3 Å². The summed E-state index contributed by atoms with van der Waals surface area (Å²) in [5.41, 5.74) is 3.35. The van der Waals surface area contributed by atoms with Crippen LogP contribution in [-0.2, 0) is 12.6 Å². The molecular weight excluding hydrogens is 262 g/mol. The van der Waals surface area contributed by atoms with Crippen molar-refractivity contribution < 1.29 is 0 Å². The summed E-state index contributed by atoms with van der Waals surface area (Å²) in [6.45, 7) is 6.44. The van der Waals surface area contributed by atoms with E-state index in [0.29, 0.717) is 5.56 Å². The quantitative estimate of drug-likeness (QED) is 0.688. The highest BCUT2D eigenvalue weighted by Gasteiger charge is 2.23. The van der Waals surface area contributed by atoms with E-state index >= 15 is 0 Å². The number of imidazole rings is 1. The third-order valence-corrected chi connectivity index (χ3v) is 3.42. The van der Waals surface area contributed by atoms with Crippen molar-refractivity contribution in [1.82, 2.24) is 19.3 Å². The number of benzene rings is 1. The molecule has 0 unspecified atom stereocenters. The minimum atomic E-state index is -0.117. The highest BCUT2D eigenvalue weighted by atomic mass is 15.2. The van der Waals surface area contributed by atoms with E-state index in [1.54, 1.807) is 4.68 Å². The Morgan fingerprint density at radius 1 is 1.24 bits per heavy atom. The van der Waals surface area contributed by atoms with Crippen molar-refractivity contribution in [3.63, 3.8) is 0 Å².